The number of fused-ring (bicyclic) bond motifs is 1. The Hall–Kier alpha value is -3.13. The van der Waals surface area contributed by atoms with E-state index in [4.69, 9.17) is 23.2 Å². The average molecular weight is 513 g/mol. The van der Waals surface area contributed by atoms with Gasteiger partial charge < -0.3 is 5.32 Å². The summed E-state index contributed by atoms with van der Waals surface area (Å²) in [7, 11) is -2.05. The first-order valence-electron chi connectivity index (χ1n) is 10.3. The largest absolute Gasteiger partial charge is 0.319 e. The number of nitrogens with zero attached hydrogens (tertiary/aromatic N) is 2. The van der Waals surface area contributed by atoms with Crippen molar-refractivity contribution in [2.24, 2.45) is 0 Å². The molecule has 0 saturated carbocycles. The standard InChI is InChI=1S/C25H19Cl2N3O3S/c1-25(14-34(25,2)33)18-10-16-7-4-8-28-22(16)19(11-18)15-5-3-6-17(9-15)24(31)29-23-20(26)12-30(32)13-21(23)27/h3-14,32H,1-2H3/p+1. The van der Waals surface area contributed by atoms with Gasteiger partial charge in [0.25, 0.3) is 5.91 Å². The van der Waals surface area contributed by atoms with E-state index in [0.29, 0.717) is 5.56 Å². The highest BCUT2D eigenvalue weighted by atomic mass is 35.5. The van der Waals surface area contributed by atoms with Gasteiger partial charge in [0.1, 0.15) is 10.0 Å². The van der Waals surface area contributed by atoms with Gasteiger partial charge in [0.2, 0.25) is 12.4 Å². The van der Waals surface area contributed by atoms with E-state index in [9.17, 15) is 14.2 Å². The SMILES string of the molecule is CC1(c2cc(-c3cccc(C(=O)Nc4c(Cl)c[n+](O)cc4Cl)c3)c3ncccc3c2)C=S1(C)=O. The number of rotatable bonds is 4. The Morgan fingerprint density at radius 3 is 2.50 bits per heavy atom. The van der Waals surface area contributed by atoms with Crippen LogP contribution in [-0.4, -0.2) is 31.9 Å². The van der Waals surface area contributed by atoms with Crippen LogP contribution in [0.15, 0.2) is 67.1 Å². The Bertz CT molecular complexity index is 1610. The normalized spacial score (nSPS) is 21.2. The van der Waals surface area contributed by atoms with E-state index in [1.807, 2.05) is 42.6 Å². The van der Waals surface area contributed by atoms with E-state index in [2.05, 4.69) is 10.3 Å². The predicted molar refractivity (Wildman–Crippen MR) is 136 cm³/mol. The molecule has 0 bridgehead atoms. The van der Waals surface area contributed by atoms with Gasteiger partial charge in [0, 0.05) is 33.7 Å². The number of carbonyl (C=O) groups is 1. The van der Waals surface area contributed by atoms with Crippen LogP contribution in [0.25, 0.3) is 22.0 Å². The Balaban J connectivity index is 1.57. The van der Waals surface area contributed by atoms with Crippen molar-refractivity contribution in [1.29, 1.82) is 0 Å². The minimum absolute atomic E-state index is 0.0967. The Kier molecular flexibility index (Phi) is 5.31. The molecule has 1 aliphatic rings. The maximum atomic E-state index is 13.0. The molecule has 0 aliphatic carbocycles. The molecule has 34 heavy (non-hydrogen) atoms. The number of halogens is 2. The molecule has 172 valence electrons. The van der Waals surface area contributed by atoms with Crippen molar-refractivity contribution < 1.29 is 18.9 Å². The summed E-state index contributed by atoms with van der Waals surface area (Å²) < 4.78 is 13.0. The fourth-order valence-corrected chi connectivity index (χ4v) is 6.54. The Morgan fingerprint density at radius 1 is 1.12 bits per heavy atom. The molecule has 1 amide bonds. The van der Waals surface area contributed by atoms with Crippen LogP contribution < -0.4 is 10.0 Å². The minimum atomic E-state index is -2.05. The highest BCUT2D eigenvalue weighted by Crippen LogP contribution is 2.42. The number of anilines is 1. The zero-order valence-corrected chi connectivity index (χ0v) is 20.6. The fourth-order valence-electron chi connectivity index (χ4n) is 4.05. The lowest BCUT2D eigenvalue weighted by Gasteiger charge is -2.16. The maximum Gasteiger partial charge on any atom is 0.255 e. The zero-order chi connectivity index (χ0) is 24.3. The second kappa shape index (κ2) is 7.98. The Morgan fingerprint density at radius 2 is 1.82 bits per heavy atom. The first kappa shape index (κ1) is 22.7. The van der Waals surface area contributed by atoms with Gasteiger partial charge in [-0.05, 0) is 63.3 Å². The van der Waals surface area contributed by atoms with Gasteiger partial charge in [-0.2, -0.15) is 0 Å². The number of pyridine rings is 2. The lowest BCUT2D eigenvalue weighted by atomic mass is 9.93. The molecular formula is C25H20Cl2N3O3S+. The highest BCUT2D eigenvalue weighted by Gasteiger charge is 2.45. The quantitative estimate of drug-likeness (QED) is 0.230. The monoisotopic (exact) mass is 512 g/mol. The van der Waals surface area contributed by atoms with Crippen molar-refractivity contribution in [2.75, 3.05) is 11.6 Å². The third-order valence-corrected chi connectivity index (χ3v) is 9.43. The number of amides is 1. The summed E-state index contributed by atoms with van der Waals surface area (Å²) >= 11 is 12.3. The molecule has 9 heteroatoms. The number of nitrogens with one attached hydrogen (secondary N) is 1. The van der Waals surface area contributed by atoms with Gasteiger partial charge in [0.15, 0.2) is 0 Å². The summed E-state index contributed by atoms with van der Waals surface area (Å²) in [4.78, 5) is 17.6. The summed E-state index contributed by atoms with van der Waals surface area (Å²) in [5.41, 5.74) is 3.97. The van der Waals surface area contributed by atoms with Crippen LogP contribution in [0.1, 0.15) is 22.8 Å². The smallest absolute Gasteiger partial charge is 0.255 e. The summed E-state index contributed by atoms with van der Waals surface area (Å²) in [6, 6.07) is 15.0. The van der Waals surface area contributed by atoms with E-state index in [-0.39, 0.29) is 15.7 Å². The van der Waals surface area contributed by atoms with Crippen molar-refractivity contribution >= 4 is 60.6 Å². The molecule has 2 N–H and O–H groups in total. The van der Waals surface area contributed by atoms with Gasteiger partial charge in [-0.25, -0.2) is 0 Å². The highest BCUT2D eigenvalue weighted by molar-refractivity contribution is 8.10. The lowest BCUT2D eigenvalue weighted by Crippen LogP contribution is -2.29. The Labute approximate surface area is 206 Å². The molecule has 2 aromatic heterocycles. The van der Waals surface area contributed by atoms with Crippen molar-refractivity contribution in [3.05, 3.63) is 88.3 Å². The van der Waals surface area contributed by atoms with E-state index in [1.165, 1.54) is 12.4 Å². The summed E-state index contributed by atoms with van der Waals surface area (Å²) in [6.07, 6.45) is 5.94. The molecular weight excluding hydrogens is 493 g/mol. The number of hydrogen-bond donors (Lipinski definition) is 2. The number of aromatic nitrogens is 2. The van der Waals surface area contributed by atoms with Crippen molar-refractivity contribution in [3.63, 3.8) is 0 Å². The van der Waals surface area contributed by atoms with Crippen molar-refractivity contribution in [3.8, 4) is 11.1 Å². The van der Waals surface area contributed by atoms with Crippen LogP contribution in [0.5, 0.6) is 0 Å². The van der Waals surface area contributed by atoms with E-state index in [0.717, 1.165) is 32.3 Å². The van der Waals surface area contributed by atoms with E-state index in [1.54, 1.807) is 30.7 Å². The van der Waals surface area contributed by atoms with Crippen molar-refractivity contribution in [1.82, 2.24) is 4.98 Å². The van der Waals surface area contributed by atoms with E-state index < -0.39 is 20.2 Å². The third-order valence-electron chi connectivity index (χ3n) is 6.16. The first-order chi connectivity index (χ1) is 16.1. The van der Waals surface area contributed by atoms with Gasteiger partial charge >= 0.3 is 0 Å². The zero-order valence-electron chi connectivity index (χ0n) is 18.3. The van der Waals surface area contributed by atoms with Crippen molar-refractivity contribution in [2.45, 2.75) is 11.7 Å². The number of carbonyl (C=O) groups excluding carboxylic acids is 1. The van der Waals surface area contributed by atoms with Gasteiger partial charge in [-0.1, -0.05) is 41.4 Å². The third kappa shape index (κ3) is 3.79. The molecule has 3 heterocycles. The van der Waals surface area contributed by atoms with Gasteiger partial charge in [0.05, 0.1) is 16.0 Å². The van der Waals surface area contributed by atoms with Gasteiger partial charge in [-0.3, -0.25) is 19.2 Å². The summed E-state index contributed by atoms with van der Waals surface area (Å²) in [5.74, 6) is -0.408. The maximum absolute atomic E-state index is 13.0. The second-order valence-electron chi connectivity index (χ2n) is 8.47. The predicted octanol–water partition coefficient (Wildman–Crippen LogP) is 4.93. The van der Waals surface area contributed by atoms with Crippen LogP contribution in [0.2, 0.25) is 10.0 Å². The fraction of sp³-hybridized carbons (Fsp3) is 0.120. The topological polar surface area (TPSA) is 83.2 Å². The molecule has 0 fully saturated rings. The molecule has 2 unspecified atom stereocenters. The molecule has 4 aromatic rings. The summed E-state index contributed by atoms with van der Waals surface area (Å²) in [5, 5.41) is 15.3. The molecule has 0 radical (unpaired) electrons. The molecule has 1 aliphatic heterocycles. The molecule has 5 rings (SSSR count). The van der Waals surface area contributed by atoms with Crippen LogP contribution in [0, 0.1) is 0 Å². The first-order valence-corrected chi connectivity index (χ1v) is 13.1. The van der Waals surface area contributed by atoms with E-state index >= 15 is 0 Å². The molecule has 0 spiro atoms. The molecule has 2 aromatic carbocycles. The van der Waals surface area contributed by atoms with Crippen LogP contribution in [0.3, 0.4) is 0 Å². The molecule has 0 saturated heterocycles. The summed E-state index contributed by atoms with van der Waals surface area (Å²) in [6.45, 7) is 1.98. The molecule has 2 atom stereocenters. The number of benzene rings is 2. The van der Waals surface area contributed by atoms with Crippen LogP contribution >= 0.6 is 23.2 Å². The minimum Gasteiger partial charge on any atom is -0.319 e. The van der Waals surface area contributed by atoms with Gasteiger partial charge in [-0.15, -0.1) is 0 Å². The lowest BCUT2D eigenvalue weighted by molar-refractivity contribution is -0.904. The number of hydrogen-bond acceptors (Lipinski definition) is 4. The van der Waals surface area contributed by atoms with Crippen LogP contribution in [-0.2, 0) is 14.3 Å². The average Bonchev–Trinajstić information content (AvgIpc) is 3.33. The second-order valence-corrected chi connectivity index (χ2v) is 12.2. The van der Waals surface area contributed by atoms with Crippen LogP contribution in [0.4, 0.5) is 5.69 Å². The molecule has 6 nitrogen and oxygen atoms in total.